The Labute approximate surface area is 168 Å². The maximum Gasteiger partial charge on any atom is 0.273 e. The number of hydrogen-bond acceptors (Lipinski definition) is 6. The minimum Gasteiger partial charge on any atom is -0.492 e. The lowest BCUT2D eigenvalue weighted by molar-refractivity contribution is 0.0322. The van der Waals surface area contributed by atoms with Crippen LogP contribution in [0.4, 0.5) is 5.69 Å². The van der Waals surface area contributed by atoms with Crippen molar-refractivity contribution in [3.05, 3.63) is 60.6 Å². The first kappa shape index (κ1) is 19.1. The van der Waals surface area contributed by atoms with Crippen LogP contribution in [0, 0.1) is 0 Å². The van der Waals surface area contributed by atoms with Crippen LogP contribution in [0.3, 0.4) is 0 Å². The average molecular weight is 393 g/mol. The van der Waals surface area contributed by atoms with E-state index < -0.39 is 0 Å². The first-order chi connectivity index (χ1) is 14.3. The number of anilines is 1. The highest BCUT2D eigenvalue weighted by molar-refractivity contribution is 6.03. The average Bonchev–Trinajstić information content (AvgIpc) is 3.26. The van der Waals surface area contributed by atoms with Gasteiger partial charge in [0.15, 0.2) is 0 Å². The van der Waals surface area contributed by atoms with Gasteiger partial charge in [0.1, 0.15) is 18.1 Å². The molecule has 8 nitrogen and oxygen atoms in total. The van der Waals surface area contributed by atoms with Gasteiger partial charge in [0.25, 0.3) is 5.91 Å². The molecule has 150 valence electrons. The quantitative estimate of drug-likeness (QED) is 0.641. The number of ether oxygens (including phenoxy) is 2. The molecule has 1 saturated heterocycles. The van der Waals surface area contributed by atoms with E-state index in [0.717, 1.165) is 44.2 Å². The van der Waals surface area contributed by atoms with Gasteiger partial charge in [-0.15, -0.1) is 0 Å². The molecule has 1 aliphatic heterocycles. The molecule has 0 saturated carbocycles. The van der Waals surface area contributed by atoms with Crippen LogP contribution in [-0.4, -0.2) is 65.4 Å². The van der Waals surface area contributed by atoms with E-state index in [9.17, 15) is 4.79 Å². The first-order valence-corrected chi connectivity index (χ1v) is 9.58. The maximum atomic E-state index is 12.5. The Morgan fingerprint density at radius 1 is 1.21 bits per heavy atom. The molecular weight excluding hydrogens is 370 g/mol. The molecule has 3 heterocycles. The Kier molecular flexibility index (Phi) is 6.13. The van der Waals surface area contributed by atoms with Gasteiger partial charge in [-0.05, 0) is 30.3 Å². The summed E-state index contributed by atoms with van der Waals surface area (Å²) in [6.45, 7) is 4.86. The Morgan fingerprint density at radius 3 is 2.93 bits per heavy atom. The number of amides is 1. The fourth-order valence-corrected chi connectivity index (χ4v) is 3.08. The van der Waals surface area contributed by atoms with Gasteiger partial charge in [0.05, 0.1) is 18.9 Å². The molecule has 0 atom stereocenters. The standard InChI is InChI=1S/C21H23N5O3/c27-21(20-14-19(24-25-20)16-3-2-6-22-15-16)23-17-4-1-5-18(13-17)29-12-9-26-7-10-28-11-8-26/h1-6,13-15H,7-12H2,(H,23,27)(H,24,25). The van der Waals surface area contributed by atoms with Crippen molar-refractivity contribution in [3.63, 3.8) is 0 Å². The predicted molar refractivity (Wildman–Crippen MR) is 109 cm³/mol. The second kappa shape index (κ2) is 9.31. The van der Waals surface area contributed by atoms with E-state index in [0.29, 0.717) is 23.7 Å². The summed E-state index contributed by atoms with van der Waals surface area (Å²) in [5.41, 5.74) is 2.56. The van der Waals surface area contributed by atoms with Crippen LogP contribution in [0.25, 0.3) is 11.3 Å². The third-order valence-electron chi connectivity index (χ3n) is 4.65. The zero-order valence-electron chi connectivity index (χ0n) is 16.0. The third-order valence-corrected chi connectivity index (χ3v) is 4.65. The second-order valence-corrected chi connectivity index (χ2v) is 6.69. The summed E-state index contributed by atoms with van der Waals surface area (Å²) in [7, 11) is 0. The molecule has 0 spiro atoms. The van der Waals surface area contributed by atoms with Crippen LogP contribution in [0.1, 0.15) is 10.5 Å². The summed E-state index contributed by atoms with van der Waals surface area (Å²) < 4.78 is 11.2. The summed E-state index contributed by atoms with van der Waals surface area (Å²) >= 11 is 0. The van der Waals surface area contributed by atoms with Gasteiger partial charge in [-0.1, -0.05) is 6.07 Å². The normalized spacial score (nSPS) is 14.5. The van der Waals surface area contributed by atoms with Crippen molar-refractivity contribution in [2.24, 2.45) is 0 Å². The minimum atomic E-state index is -0.266. The summed E-state index contributed by atoms with van der Waals surface area (Å²) in [6, 6.07) is 12.8. The molecule has 1 aliphatic rings. The number of nitrogens with zero attached hydrogens (tertiary/aromatic N) is 3. The van der Waals surface area contributed by atoms with Crippen molar-refractivity contribution < 1.29 is 14.3 Å². The van der Waals surface area contributed by atoms with E-state index in [4.69, 9.17) is 9.47 Å². The number of aromatic amines is 1. The van der Waals surface area contributed by atoms with Gasteiger partial charge in [-0.3, -0.25) is 19.8 Å². The van der Waals surface area contributed by atoms with Crippen molar-refractivity contribution in [1.82, 2.24) is 20.1 Å². The summed E-state index contributed by atoms with van der Waals surface area (Å²) in [4.78, 5) is 18.9. The Hall–Kier alpha value is -3.23. The highest BCUT2D eigenvalue weighted by atomic mass is 16.5. The Bertz CT molecular complexity index is 938. The largest absolute Gasteiger partial charge is 0.492 e. The van der Waals surface area contributed by atoms with E-state index in [1.165, 1.54) is 0 Å². The van der Waals surface area contributed by atoms with Gasteiger partial charge < -0.3 is 14.8 Å². The van der Waals surface area contributed by atoms with Crippen LogP contribution in [0.5, 0.6) is 5.75 Å². The molecule has 0 unspecified atom stereocenters. The zero-order valence-corrected chi connectivity index (χ0v) is 16.0. The topological polar surface area (TPSA) is 92.4 Å². The van der Waals surface area contributed by atoms with E-state index in [1.54, 1.807) is 18.5 Å². The van der Waals surface area contributed by atoms with Crippen molar-refractivity contribution in [2.45, 2.75) is 0 Å². The van der Waals surface area contributed by atoms with Crippen LogP contribution >= 0.6 is 0 Å². The number of aromatic nitrogens is 3. The fraction of sp³-hybridized carbons (Fsp3) is 0.286. The number of morpholine rings is 1. The smallest absolute Gasteiger partial charge is 0.273 e. The Balaban J connectivity index is 1.32. The monoisotopic (exact) mass is 393 g/mol. The Morgan fingerprint density at radius 2 is 2.10 bits per heavy atom. The molecule has 1 aromatic carbocycles. The van der Waals surface area contributed by atoms with Crippen molar-refractivity contribution in [1.29, 1.82) is 0 Å². The van der Waals surface area contributed by atoms with Gasteiger partial charge >= 0.3 is 0 Å². The van der Waals surface area contributed by atoms with Crippen molar-refractivity contribution in [3.8, 4) is 17.0 Å². The van der Waals surface area contributed by atoms with Gasteiger partial charge in [-0.25, -0.2) is 0 Å². The van der Waals surface area contributed by atoms with Gasteiger partial charge in [-0.2, -0.15) is 5.10 Å². The number of hydrogen-bond donors (Lipinski definition) is 2. The first-order valence-electron chi connectivity index (χ1n) is 9.58. The number of nitrogens with one attached hydrogen (secondary N) is 2. The maximum absolute atomic E-state index is 12.5. The molecular formula is C21H23N5O3. The number of carbonyl (C=O) groups excluding carboxylic acids is 1. The van der Waals surface area contributed by atoms with E-state index >= 15 is 0 Å². The molecule has 1 amide bonds. The van der Waals surface area contributed by atoms with E-state index in [2.05, 4.69) is 25.4 Å². The molecule has 0 bridgehead atoms. The number of rotatable bonds is 7. The summed E-state index contributed by atoms with van der Waals surface area (Å²) in [5, 5.41) is 9.83. The lowest BCUT2D eigenvalue weighted by atomic mass is 10.2. The molecule has 0 radical (unpaired) electrons. The number of benzene rings is 1. The molecule has 29 heavy (non-hydrogen) atoms. The molecule has 4 rings (SSSR count). The molecule has 8 heteroatoms. The van der Waals surface area contributed by atoms with E-state index in [1.807, 2.05) is 36.4 Å². The highest BCUT2D eigenvalue weighted by Gasteiger charge is 2.12. The van der Waals surface area contributed by atoms with Crippen LogP contribution in [-0.2, 0) is 4.74 Å². The highest BCUT2D eigenvalue weighted by Crippen LogP contribution is 2.20. The molecule has 2 aromatic heterocycles. The van der Waals surface area contributed by atoms with Gasteiger partial charge in [0, 0.05) is 49.3 Å². The number of carbonyl (C=O) groups is 1. The van der Waals surface area contributed by atoms with Gasteiger partial charge in [0.2, 0.25) is 0 Å². The van der Waals surface area contributed by atoms with Crippen LogP contribution in [0.2, 0.25) is 0 Å². The van der Waals surface area contributed by atoms with E-state index in [-0.39, 0.29) is 5.91 Å². The lowest BCUT2D eigenvalue weighted by Gasteiger charge is -2.26. The lowest BCUT2D eigenvalue weighted by Crippen LogP contribution is -2.38. The summed E-state index contributed by atoms with van der Waals surface area (Å²) in [6.07, 6.45) is 3.40. The number of H-pyrrole nitrogens is 1. The van der Waals surface area contributed by atoms with Crippen molar-refractivity contribution in [2.75, 3.05) is 44.8 Å². The minimum absolute atomic E-state index is 0.266. The predicted octanol–water partition coefficient (Wildman–Crippen LogP) is 2.43. The fourth-order valence-electron chi connectivity index (χ4n) is 3.08. The SMILES string of the molecule is O=C(Nc1cccc(OCCN2CCOCC2)c1)c1cc(-c2cccnc2)n[nH]1. The molecule has 1 fully saturated rings. The number of pyridine rings is 1. The summed E-state index contributed by atoms with van der Waals surface area (Å²) in [5.74, 6) is 0.454. The van der Waals surface area contributed by atoms with Crippen LogP contribution in [0.15, 0.2) is 54.9 Å². The van der Waals surface area contributed by atoms with Crippen LogP contribution < -0.4 is 10.1 Å². The molecule has 0 aliphatic carbocycles. The second-order valence-electron chi connectivity index (χ2n) is 6.69. The zero-order chi connectivity index (χ0) is 19.9. The molecule has 3 aromatic rings. The molecule has 2 N–H and O–H groups in total. The third kappa shape index (κ3) is 5.18. The van der Waals surface area contributed by atoms with Crippen molar-refractivity contribution >= 4 is 11.6 Å².